The van der Waals surface area contributed by atoms with Crippen molar-refractivity contribution in [1.82, 2.24) is 5.16 Å². The summed E-state index contributed by atoms with van der Waals surface area (Å²) < 4.78 is 4.87. The van der Waals surface area contributed by atoms with Crippen molar-refractivity contribution < 1.29 is 4.52 Å². The third kappa shape index (κ3) is 1.16. The van der Waals surface area contributed by atoms with Gasteiger partial charge in [0.2, 0.25) is 0 Å². The van der Waals surface area contributed by atoms with Gasteiger partial charge in [0, 0.05) is 0 Å². The molecule has 0 atom stereocenters. The van der Waals surface area contributed by atoms with Crippen molar-refractivity contribution in [2.24, 2.45) is 0 Å². The van der Waals surface area contributed by atoms with E-state index in [0.717, 1.165) is 5.56 Å². The summed E-state index contributed by atoms with van der Waals surface area (Å²) in [5, 5.41) is 2.34. The summed E-state index contributed by atoms with van der Waals surface area (Å²) in [4.78, 5) is 22.1. The maximum atomic E-state index is 11.2. The first-order valence-electron chi connectivity index (χ1n) is 3.80. The number of rotatable bonds is 0. The average molecular weight is 177 g/mol. The number of fused-ring (bicyclic) bond motifs is 1. The lowest BCUT2D eigenvalue weighted by molar-refractivity contribution is 0.430. The van der Waals surface area contributed by atoms with Gasteiger partial charge in [0.05, 0.1) is 5.39 Å². The van der Waals surface area contributed by atoms with E-state index in [1.54, 1.807) is 18.2 Å². The van der Waals surface area contributed by atoms with Crippen LogP contribution in [-0.4, -0.2) is 5.16 Å². The van der Waals surface area contributed by atoms with Crippen molar-refractivity contribution in [2.45, 2.75) is 6.92 Å². The molecule has 0 saturated carbocycles. The second-order valence-electron chi connectivity index (χ2n) is 2.86. The Morgan fingerprint density at radius 3 is 2.85 bits per heavy atom. The number of hydrogen-bond donors (Lipinski definition) is 1. The summed E-state index contributed by atoms with van der Waals surface area (Å²) in [7, 11) is 0. The molecule has 0 unspecified atom stereocenters. The van der Waals surface area contributed by atoms with Gasteiger partial charge in [0.15, 0.2) is 5.58 Å². The van der Waals surface area contributed by atoms with Crippen LogP contribution in [0.1, 0.15) is 5.56 Å². The molecule has 0 bridgehead atoms. The van der Waals surface area contributed by atoms with Crippen molar-refractivity contribution in [3.05, 3.63) is 44.3 Å². The van der Waals surface area contributed by atoms with E-state index in [4.69, 9.17) is 4.52 Å². The van der Waals surface area contributed by atoms with E-state index in [9.17, 15) is 9.59 Å². The lowest BCUT2D eigenvalue weighted by Gasteiger charge is -1.94. The molecule has 0 aliphatic carbocycles. The summed E-state index contributed by atoms with van der Waals surface area (Å²) >= 11 is 0. The summed E-state index contributed by atoms with van der Waals surface area (Å²) in [5.74, 6) is 0. The summed E-state index contributed by atoms with van der Waals surface area (Å²) in [6.45, 7) is 1.88. The summed E-state index contributed by atoms with van der Waals surface area (Å²) in [5.41, 5.74) is 0.102. The number of H-pyrrole nitrogens is 1. The zero-order chi connectivity index (χ0) is 9.42. The van der Waals surface area contributed by atoms with E-state index in [0.29, 0.717) is 11.0 Å². The predicted octanol–water partition coefficient (Wildman–Crippen LogP) is 0.790. The first-order chi connectivity index (χ1) is 6.18. The van der Waals surface area contributed by atoms with Crippen molar-refractivity contribution in [3.8, 4) is 0 Å². The van der Waals surface area contributed by atoms with Gasteiger partial charge >= 0.3 is 5.56 Å². The minimum Gasteiger partial charge on any atom is -0.378 e. The zero-order valence-corrected chi connectivity index (χ0v) is 6.96. The van der Waals surface area contributed by atoms with Crippen LogP contribution in [0.15, 0.2) is 32.3 Å². The molecule has 1 aromatic carbocycles. The fourth-order valence-electron chi connectivity index (χ4n) is 1.17. The highest BCUT2D eigenvalue weighted by Gasteiger charge is 2.03. The average Bonchev–Trinajstić information content (AvgIpc) is 2.12. The third-order valence-electron chi connectivity index (χ3n) is 1.84. The monoisotopic (exact) mass is 177 g/mol. The van der Waals surface area contributed by atoms with Gasteiger partial charge in [-0.25, -0.2) is 0 Å². The largest absolute Gasteiger partial charge is 0.378 e. The van der Waals surface area contributed by atoms with E-state index < -0.39 is 11.0 Å². The molecule has 1 aromatic heterocycles. The highest BCUT2D eigenvalue weighted by molar-refractivity contribution is 5.76. The number of aromatic nitrogens is 1. The van der Waals surface area contributed by atoms with Crippen LogP contribution in [0.25, 0.3) is 11.0 Å². The normalized spacial score (nSPS) is 10.5. The van der Waals surface area contributed by atoms with Gasteiger partial charge in [-0.1, -0.05) is 6.07 Å². The molecule has 4 nitrogen and oxygen atoms in total. The Morgan fingerprint density at radius 2 is 2.08 bits per heavy atom. The second kappa shape index (κ2) is 2.58. The highest BCUT2D eigenvalue weighted by atomic mass is 16.5. The summed E-state index contributed by atoms with van der Waals surface area (Å²) in [6, 6.07) is 5.05. The second-order valence-corrected chi connectivity index (χ2v) is 2.86. The minimum absolute atomic E-state index is 0.314. The number of benzene rings is 1. The molecule has 13 heavy (non-hydrogen) atoms. The zero-order valence-electron chi connectivity index (χ0n) is 6.96. The first kappa shape index (κ1) is 7.79. The molecule has 4 heteroatoms. The topological polar surface area (TPSA) is 63.1 Å². The number of aromatic amines is 1. The first-order valence-corrected chi connectivity index (χ1v) is 3.80. The van der Waals surface area contributed by atoms with Crippen LogP contribution in [0, 0.1) is 6.92 Å². The molecule has 1 heterocycles. The predicted molar refractivity (Wildman–Crippen MR) is 47.8 cm³/mol. The van der Waals surface area contributed by atoms with Crippen LogP contribution in [0.3, 0.4) is 0 Å². The van der Waals surface area contributed by atoms with Gasteiger partial charge in [-0.2, -0.15) is 5.16 Å². The molecule has 0 spiro atoms. The maximum absolute atomic E-state index is 11.2. The fourth-order valence-corrected chi connectivity index (χ4v) is 1.17. The van der Waals surface area contributed by atoms with Crippen LogP contribution in [0.4, 0.5) is 0 Å². The van der Waals surface area contributed by atoms with Gasteiger partial charge < -0.3 is 4.52 Å². The van der Waals surface area contributed by atoms with Crippen molar-refractivity contribution >= 4 is 11.0 Å². The van der Waals surface area contributed by atoms with Crippen molar-refractivity contribution in [2.75, 3.05) is 0 Å². The van der Waals surface area contributed by atoms with E-state index in [-0.39, 0.29) is 0 Å². The van der Waals surface area contributed by atoms with E-state index in [1.165, 1.54) is 0 Å². The molecular weight excluding hydrogens is 170 g/mol. The lowest BCUT2D eigenvalue weighted by atomic mass is 10.2. The number of nitrogens with one attached hydrogen (secondary N) is 1. The van der Waals surface area contributed by atoms with Crippen LogP contribution in [0.2, 0.25) is 0 Å². The van der Waals surface area contributed by atoms with Gasteiger partial charge in [-0.3, -0.25) is 9.59 Å². The molecule has 0 aliphatic heterocycles. The highest BCUT2D eigenvalue weighted by Crippen LogP contribution is 2.08. The minimum atomic E-state index is -0.726. The molecule has 0 saturated heterocycles. The molecule has 66 valence electrons. The molecule has 0 amide bonds. The molecule has 0 fully saturated rings. The third-order valence-corrected chi connectivity index (χ3v) is 1.84. The van der Waals surface area contributed by atoms with Crippen LogP contribution in [0.5, 0.6) is 0 Å². The van der Waals surface area contributed by atoms with Gasteiger partial charge in [-0.15, -0.1) is 0 Å². The molecule has 0 aliphatic rings. The fraction of sp³-hybridized carbons (Fsp3) is 0.111. The van der Waals surface area contributed by atoms with E-state index in [2.05, 4.69) is 0 Å². The smallest absolute Gasteiger partial charge is 0.325 e. The SMILES string of the molecule is Cc1ccc2c(=O)c(=O)[nH]oc2c1. The Kier molecular flexibility index (Phi) is 1.55. The number of aryl methyl sites for hydroxylation is 1. The van der Waals surface area contributed by atoms with Gasteiger partial charge in [0.1, 0.15) is 0 Å². The Hall–Kier alpha value is -1.84. The Bertz CT molecular complexity index is 565. The van der Waals surface area contributed by atoms with Crippen molar-refractivity contribution in [1.29, 1.82) is 0 Å². The van der Waals surface area contributed by atoms with Crippen LogP contribution in [-0.2, 0) is 0 Å². The Balaban J connectivity index is 3.04. The van der Waals surface area contributed by atoms with E-state index in [1.807, 2.05) is 12.1 Å². The maximum Gasteiger partial charge on any atom is 0.325 e. The van der Waals surface area contributed by atoms with Gasteiger partial charge in [0.25, 0.3) is 5.43 Å². The molecular formula is C9H7NO3. The number of hydrogen-bond acceptors (Lipinski definition) is 3. The Morgan fingerprint density at radius 1 is 1.31 bits per heavy atom. The van der Waals surface area contributed by atoms with Crippen LogP contribution >= 0.6 is 0 Å². The van der Waals surface area contributed by atoms with Crippen LogP contribution < -0.4 is 11.0 Å². The molecule has 0 radical (unpaired) electrons. The quantitative estimate of drug-likeness (QED) is 0.605. The summed E-state index contributed by atoms with van der Waals surface area (Å²) in [6.07, 6.45) is 0. The molecule has 2 aromatic rings. The standard InChI is InChI=1S/C9H7NO3/c1-5-2-3-6-7(4-5)13-10-9(12)8(6)11/h2-4H,1H3,(H,10,12). The molecule has 1 N–H and O–H groups in total. The van der Waals surface area contributed by atoms with E-state index >= 15 is 0 Å². The lowest BCUT2D eigenvalue weighted by Crippen LogP contribution is -2.25. The van der Waals surface area contributed by atoms with Crippen molar-refractivity contribution in [3.63, 3.8) is 0 Å². The van der Waals surface area contributed by atoms with Gasteiger partial charge in [-0.05, 0) is 24.6 Å². The Labute approximate surface area is 72.8 Å². The molecule has 2 rings (SSSR count).